The maximum Gasteiger partial charge on any atom is 0.252 e. The molecule has 3 aromatic rings. The van der Waals surface area contributed by atoms with Crippen LogP contribution in [0.3, 0.4) is 0 Å². The fourth-order valence-corrected chi connectivity index (χ4v) is 2.99. The summed E-state index contributed by atoms with van der Waals surface area (Å²) in [6.07, 6.45) is 3.61. The van der Waals surface area contributed by atoms with Crippen LogP contribution in [0.1, 0.15) is 21.7 Å². The summed E-state index contributed by atoms with van der Waals surface area (Å²) in [6, 6.07) is 11.4. The van der Waals surface area contributed by atoms with Crippen LogP contribution >= 0.6 is 11.6 Å². The Kier molecular flexibility index (Phi) is 4.81. The third-order valence-corrected chi connectivity index (χ3v) is 4.42. The Labute approximate surface area is 151 Å². The zero-order valence-corrected chi connectivity index (χ0v) is 15.1. The summed E-state index contributed by atoms with van der Waals surface area (Å²) in [5, 5.41) is 3.04. The zero-order chi connectivity index (χ0) is 18.0. The Morgan fingerprint density at radius 2 is 1.80 bits per heavy atom. The number of nitrogens with one attached hydrogen (secondary N) is 1. The highest BCUT2D eigenvalue weighted by molar-refractivity contribution is 6.34. The topological polar surface area (TPSA) is 54.9 Å². The van der Waals surface area contributed by atoms with Gasteiger partial charge in [0.15, 0.2) is 0 Å². The molecule has 0 aliphatic rings. The molecule has 0 unspecified atom stereocenters. The van der Waals surface area contributed by atoms with Crippen LogP contribution in [0, 0.1) is 13.8 Å². The van der Waals surface area contributed by atoms with Crippen LogP contribution in [-0.2, 0) is 0 Å². The summed E-state index contributed by atoms with van der Waals surface area (Å²) >= 11 is 6.18. The quantitative estimate of drug-likeness (QED) is 0.759. The van der Waals surface area contributed by atoms with Gasteiger partial charge in [-0.15, -0.1) is 0 Å². The van der Waals surface area contributed by atoms with Crippen LogP contribution in [-0.4, -0.2) is 22.9 Å². The van der Waals surface area contributed by atoms with Gasteiger partial charge in [-0.2, -0.15) is 0 Å². The van der Waals surface area contributed by atoms with Crippen molar-refractivity contribution in [3.63, 3.8) is 0 Å². The van der Waals surface area contributed by atoms with Gasteiger partial charge in [0.2, 0.25) is 0 Å². The van der Waals surface area contributed by atoms with E-state index in [1.807, 2.05) is 44.3 Å². The number of rotatable bonds is 3. The molecule has 0 saturated heterocycles. The fourth-order valence-electron chi connectivity index (χ4n) is 2.79. The molecular formula is C20H18ClN3O. The van der Waals surface area contributed by atoms with E-state index in [0.717, 1.165) is 33.6 Å². The minimum absolute atomic E-state index is 0.212. The number of halogens is 1. The van der Waals surface area contributed by atoms with Gasteiger partial charge >= 0.3 is 0 Å². The van der Waals surface area contributed by atoms with Crippen LogP contribution in [0.15, 0.2) is 48.8 Å². The van der Waals surface area contributed by atoms with E-state index >= 15 is 0 Å². The normalized spacial score (nSPS) is 10.6. The largest absolute Gasteiger partial charge is 0.355 e. The molecule has 0 spiro atoms. The zero-order valence-electron chi connectivity index (χ0n) is 14.3. The molecule has 0 saturated carbocycles. The van der Waals surface area contributed by atoms with Gasteiger partial charge in [-0.25, -0.2) is 0 Å². The summed E-state index contributed by atoms with van der Waals surface area (Å²) in [5.74, 6) is -0.212. The Morgan fingerprint density at radius 3 is 2.48 bits per heavy atom. The molecule has 0 radical (unpaired) electrons. The van der Waals surface area contributed by atoms with Gasteiger partial charge in [0.1, 0.15) is 0 Å². The van der Waals surface area contributed by atoms with E-state index in [2.05, 4.69) is 15.3 Å². The van der Waals surface area contributed by atoms with Crippen molar-refractivity contribution in [1.82, 2.24) is 15.3 Å². The van der Waals surface area contributed by atoms with E-state index in [1.165, 1.54) is 0 Å². The Hall–Kier alpha value is -2.72. The summed E-state index contributed by atoms with van der Waals surface area (Å²) in [7, 11) is 1.59. The van der Waals surface area contributed by atoms with E-state index < -0.39 is 0 Å². The summed E-state index contributed by atoms with van der Waals surface area (Å²) in [5.41, 5.74) is 6.19. The molecule has 1 amide bonds. The van der Waals surface area contributed by atoms with Gasteiger partial charge in [-0.1, -0.05) is 23.7 Å². The molecule has 1 aromatic carbocycles. The standard InChI is InChI=1S/C20H18ClN3O/c1-12-4-5-15(11-24-12)19-13(2)23-9-8-16(19)14-6-7-18(21)17(10-14)20(25)22-3/h4-11H,1-3H3,(H,22,25). The third-order valence-electron chi connectivity index (χ3n) is 4.09. The van der Waals surface area contributed by atoms with Crippen molar-refractivity contribution in [3.05, 3.63) is 70.8 Å². The smallest absolute Gasteiger partial charge is 0.252 e. The number of carbonyl (C=O) groups is 1. The van der Waals surface area contributed by atoms with Crippen LogP contribution in [0.2, 0.25) is 5.02 Å². The molecule has 3 rings (SSSR count). The summed E-state index contributed by atoms with van der Waals surface area (Å²) in [6.45, 7) is 3.92. The Balaban J connectivity index is 2.20. The molecule has 126 valence electrons. The van der Waals surface area contributed by atoms with E-state index in [-0.39, 0.29) is 5.91 Å². The molecule has 0 aliphatic heterocycles. The first kappa shape index (κ1) is 17.1. The number of pyridine rings is 2. The summed E-state index contributed by atoms with van der Waals surface area (Å²) < 4.78 is 0. The van der Waals surface area contributed by atoms with Crippen molar-refractivity contribution in [1.29, 1.82) is 0 Å². The first-order valence-corrected chi connectivity index (χ1v) is 8.29. The lowest BCUT2D eigenvalue weighted by Gasteiger charge is -2.14. The molecule has 1 N–H and O–H groups in total. The second-order valence-electron chi connectivity index (χ2n) is 5.78. The first-order valence-electron chi connectivity index (χ1n) is 7.92. The van der Waals surface area contributed by atoms with Gasteiger partial charge in [-0.05, 0) is 49.2 Å². The second kappa shape index (κ2) is 7.03. The number of aryl methyl sites for hydroxylation is 2. The predicted octanol–water partition coefficient (Wildman–Crippen LogP) is 4.44. The minimum atomic E-state index is -0.212. The van der Waals surface area contributed by atoms with Crippen molar-refractivity contribution in [2.24, 2.45) is 0 Å². The molecule has 2 aromatic heterocycles. The van der Waals surface area contributed by atoms with Crippen LogP contribution in [0.5, 0.6) is 0 Å². The average Bonchev–Trinajstić information content (AvgIpc) is 2.62. The van der Waals surface area contributed by atoms with Gasteiger partial charge in [0.25, 0.3) is 5.91 Å². The summed E-state index contributed by atoms with van der Waals surface area (Å²) in [4.78, 5) is 20.9. The highest BCUT2D eigenvalue weighted by Gasteiger charge is 2.15. The lowest BCUT2D eigenvalue weighted by atomic mass is 9.93. The maximum absolute atomic E-state index is 12.1. The Bertz CT molecular complexity index is 936. The lowest BCUT2D eigenvalue weighted by Crippen LogP contribution is -2.18. The molecule has 0 atom stereocenters. The first-order chi connectivity index (χ1) is 12.0. The van der Waals surface area contributed by atoms with Gasteiger partial charge < -0.3 is 5.32 Å². The number of carbonyl (C=O) groups excluding carboxylic acids is 1. The SMILES string of the molecule is CNC(=O)c1cc(-c2ccnc(C)c2-c2ccc(C)nc2)ccc1Cl. The van der Waals surface area contributed by atoms with E-state index in [4.69, 9.17) is 11.6 Å². The lowest BCUT2D eigenvalue weighted by molar-refractivity contribution is 0.0963. The molecule has 25 heavy (non-hydrogen) atoms. The number of hydrogen-bond acceptors (Lipinski definition) is 3. The molecular weight excluding hydrogens is 334 g/mol. The fraction of sp³-hybridized carbons (Fsp3) is 0.150. The minimum Gasteiger partial charge on any atom is -0.355 e. The highest BCUT2D eigenvalue weighted by atomic mass is 35.5. The van der Waals surface area contributed by atoms with Gasteiger partial charge in [-0.3, -0.25) is 14.8 Å². The molecule has 0 bridgehead atoms. The average molecular weight is 352 g/mol. The van der Waals surface area contributed by atoms with Crippen molar-refractivity contribution in [2.45, 2.75) is 13.8 Å². The number of aromatic nitrogens is 2. The van der Waals surface area contributed by atoms with Crippen LogP contribution in [0.4, 0.5) is 0 Å². The van der Waals surface area contributed by atoms with Crippen LogP contribution in [0.25, 0.3) is 22.3 Å². The van der Waals surface area contributed by atoms with Crippen molar-refractivity contribution >= 4 is 17.5 Å². The molecule has 4 nitrogen and oxygen atoms in total. The van der Waals surface area contributed by atoms with Gasteiger partial charge in [0, 0.05) is 42.0 Å². The monoisotopic (exact) mass is 351 g/mol. The van der Waals surface area contributed by atoms with Gasteiger partial charge in [0.05, 0.1) is 10.6 Å². The van der Waals surface area contributed by atoms with E-state index in [9.17, 15) is 4.79 Å². The number of benzene rings is 1. The maximum atomic E-state index is 12.1. The van der Waals surface area contributed by atoms with E-state index in [0.29, 0.717) is 10.6 Å². The van der Waals surface area contributed by atoms with Crippen molar-refractivity contribution < 1.29 is 4.79 Å². The number of amides is 1. The Morgan fingerprint density at radius 1 is 1.04 bits per heavy atom. The van der Waals surface area contributed by atoms with Crippen molar-refractivity contribution in [2.75, 3.05) is 7.05 Å². The molecule has 0 fully saturated rings. The predicted molar refractivity (Wildman–Crippen MR) is 101 cm³/mol. The van der Waals surface area contributed by atoms with Crippen molar-refractivity contribution in [3.8, 4) is 22.3 Å². The molecule has 2 heterocycles. The second-order valence-corrected chi connectivity index (χ2v) is 6.19. The molecule has 5 heteroatoms. The van der Waals surface area contributed by atoms with Crippen LogP contribution < -0.4 is 5.32 Å². The van der Waals surface area contributed by atoms with E-state index in [1.54, 1.807) is 25.4 Å². The molecule has 0 aliphatic carbocycles. The number of nitrogens with zero attached hydrogens (tertiary/aromatic N) is 2. The highest BCUT2D eigenvalue weighted by Crippen LogP contribution is 2.35. The number of hydrogen-bond donors (Lipinski definition) is 1. The third kappa shape index (κ3) is 3.39.